The zero-order valence-corrected chi connectivity index (χ0v) is 12.5. The molecule has 0 fully saturated rings. The molecular weight excluding hydrogens is 272 g/mol. The summed E-state index contributed by atoms with van der Waals surface area (Å²) < 4.78 is 0. The average Bonchev–Trinajstić information content (AvgIpc) is 2.85. The third-order valence-electron chi connectivity index (χ3n) is 2.79. The van der Waals surface area contributed by atoms with Crippen molar-refractivity contribution in [2.24, 2.45) is 0 Å². The first-order valence-corrected chi connectivity index (χ1v) is 7.31. The molecule has 0 radical (unpaired) electrons. The molecule has 0 aliphatic heterocycles. The van der Waals surface area contributed by atoms with Gasteiger partial charge in [0.15, 0.2) is 5.13 Å². The Morgan fingerprint density at radius 2 is 2.30 bits per heavy atom. The van der Waals surface area contributed by atoms with Gasteiger partial charge in [-0.2, -0.15) is 5.26 Å². The number of anilines is 1. The molecule has 0 atom stereocenters. The zero-order chi connectivity index (χ0) is 14.7. The van der Waals surface area contributed by atoms with Gasteiger partial charge >= 0.3 is 0 Å². The first kappa shape index (κ1) is 14.3. The predicted molar refractivity (Wildman–Crippen MR) is 81.0 cm³/mol. The van der Waals surface area contributed by atoms with Crippen molar-refractivity contribution in [2.75, 3.05) is 5.32 Å². The second-order valence-corrected chi connectivity index (χ2v) is 5.56. The van der Waals surface area contributed by atoms with Gasteiger partial charge in [0.05, 0.1) is 5.69 Å². The summed E-state index contributed by atoms with van der Waals surface area (Å²) in [5, 5.41) is 15.0. The molecule has 2 aromatic rings. The van der Waals surface area contributed by atoms with E-state index in [9.17, 15) is 4.79 Å². The molecule has 0 spiro atoms. The molecule has 2 heterocycles. The molecule has 2 N–H and O–H groups in total. The van der Waals surface area contributed by atoms with Crippen molar-refractivity contribution in [2.45, 2.75) is 33.2 Å². The molecule has 0 aromatic carbocycles. The third-order valence-corrected chi connectivity index (χ3v) is 3.56. The van der Waals surface area contributed by atoms with Crippen molar-refractivity contribution >= 4 is 16.5 Å². The Hall–Kier alpha value is -2.13. The molecular formula is C14H16N4OS. The molecule has 2 rings (SSSR count). The highest BCUT2D eigenvalue weighted by molar-refractivity contribution is 7.14. The Morgan fingerprint density at radius 1 is 1.55 bits per heavy atom. The lowest BCUT2D eigenvalue weighted by Crippen LogP contribution is -2.13. The highest BCUT2D eigenvalue weighted by Gasteiger charge is 2.12. The van der Waals surface area contributed by atoms with Crippen LogP contribution in [0.5, 0.6) is 0 Å². The van der Waals surface area contributed by atoms with Gasteiger partial charge < -0.3 is 10.3 Å². The highest BCUT2D eigenvalue weighted by Crippen LogP contribution is 2.27. The number of hydrogen-bond donors (Lipinski definition) is 2. The minimum Gasteiger partial charge on any atom is -0.359 e. The molecule has 0 aliphatic rings. The van der Waals surface area contributed by atoms with Crippen LogP contribution < -0.4 is 10.9 Å². The van der Waals surface area contributed by atoms with Crippen LogP contribution in [0.3, 0.4) is 0 Å². The monoisotopic (exact) mass is 288 g/mol. The largest absolute Gasteiger partial charge is 0.359 e. The number of rotatable bonds is 4. The number of hydrogen-bond acceptors (Lipinski definition) is 5. The van der Waals surface area contributed by atoms with Gasteiger partial charge in [0.2, 0.25) is 0 Å². The standard InChI is InChI=1S/C14H16N4OS/c1-4-11-10(5-9(6-15)13(19)17-11)12-7-20-14(18-12)16-8(2)3/h5,7-8H,4H2,1-3H3,(H,16,18)(H,17,19). The van der Waals surface area contributed by atoms with Crippen molar-refractivity contribution in [3.05, 3.63) is 33.1 Å². The van der Waals surface area contributed by atoms with E-state index >= 15 is 0 Å². The average molecular weight is 288 g/mol. The third kappa shape index (κ3) is 2.89. The van der Waals surface area contributed by atoms with Gasteiger partial charge in [0, 0.05) is 22.7 Å². The van der Waals surface area contributed by atoms with Crippen LogP contribution >= 0.6 is 11.3 Å². The van der Waals surface area contributed by atoms with Gasteiger partial charge in [-0.3, -0.25) is 4.79 Å². The molecule has 20 heavy (non-hydrogen) atoms. The van der Waals surface area contributed by atoms with Gasteiger partial charge in [-0.05, 0) is 26.3 Å². The molecule has 0 bridgehead atoms. The lowest BCUT2D eigenvalue weighted by Gasteiger charge is -2.06. The first-order valence-electron chi connectivity index (χ1n) is 6.43. The minimum absolute atomic E-state index is 0.114. The number of nitriles is 1. The van der Waals surface area contributed by atoms with E-state index in [1.807, 2.05) is 32.2 Å². The van der Waals surface area contributed by atoms with E-state index in [1.54, 1.807) is 6.07 Å². The van der Waals surface area contributed by atoms with E-state index in [0.717, 1.165) is 22.1 Å². The quantitative estimate of drug-likeness (QED) is 0.906. The Kier molecular flexibility index (Phi) is 4.20. The Balaban J connectivity index is 2.49. The summed E-state index contributed by atoms with van der Waals surface area (Å²) in [6.45, 7) is 6.05. The normalized spacial score (nSPS) is 10.6. The zero-order valence-electron chi connectivity index (χ0n) is 11.7. The number of nitrogens with one attached hydrogen (secondary N) is 2. The van der Waals surface area contributed by atoms with Gasteiger partial charge in [-0.15, -0.1) is 11.3 Å². The second-order valence-electron chi connectivity index (χ2n) is 4.71. The molecule has 2 aromatic heterocycles. The van der Waals surface area contributed by atoms with Gasteiger partial charge in [0.1, 0.15) is 11.6 Å². The second kappa shape index (κ2) is 5.88. The van der Waals surface area contributed by atoms with Crippen LogP contribution in [-0.4, -0.2) is 16.0 Å². The van der Waals surface area contributed by atoms with Crippen molar-refractivity contribution in [1.82, 2.24) is 9.97 Å². The lowest BCUT2D eigenvalue weighted by molar-refractivity contribution is 0.896. The van der Waals surface area contributed by atoms with E-state index in [-0.39, 0.29) is 11.1 Å². The van der Waals surface area contributed by atoms with Crippen molar-refractivity contribution < 1.29 is 0 Å². The smallest absolute Gasteiger partial charge is 0.266 e. The molecule has 0 saturated heterocycles. The van der Waals surface area contributed by atoms with E-state index < -0.39 is 0 Å². The lowest BCUT2D eigenvalue weighted by atomic mass is 10.1. The summed E-state index contributed by atoms with van der Waals surface area (Å²) in [4.78, 5) is 18.9. The van der Waals surface area contributed by atoms with Crippen LogP contribution in [0, 0.1) is 11.3 Å². The Labute approximate surface area is 121 Å². The number of H-pyrrole nitrogens is 1. The minimum atomic E-state index is -0.344. The fraction of sp³-hybridized carbons (Fsp3) is 0.357. The number of aryl methyl sites for hydroxylation is 1. The topological polar surface area (TPSA) is 81.6 Å². The van der Waals surface area contributed by atoms with Crippen molar-refractivity contribution in [3.8, 4) is 17.3 Å². The van der Waals surface area contributed by atoms with E-state index in [1.165, 1.54) is 11.3 Å². The van der Waals surface area contributed by atoms with Gasteiger partial charge in [0.25, 0.3) is 5.56 Å². The highest BCUT2D eigenvalue weighted by atomic mass is 32.1. The molecule has 0 amide bonds. The van der Waals surface area contributed by atoms with Crippen molar-refractivity contribution in [1.29, 1.82) is 5.26 Å². The van der Waals surface area contributed by atoms with Crippen LogP contribution in [0.15, 0.2) is 16.2 Å². The van der Waals surface area contributed by atoms with Crippen LogP contribution in [-0.2, 0) is 6.42 Å². The molecule has 0 unspecified atom stereocenters. The number of aromatic amines is 1. The number of thiazole rings is 1. The van der Waals surface area contributed by atoms with E-state index in [4.69, 9.17) is 5.26 Å². The molecule has 0 aliphatic carbocycles. The van der Waals surface area contributed by atoms with Crippen LogP contribution in [0.25, 0.3) is 11.3 Å². The maximum Gasteiger partial charge on any atom is 0.266 e. The van der Waals surface area contributed by atoms with Gasteiger partial charge in [-0.25, -0.2) is 4.98 Å². The Bertz CT molecular complexity index is 709. The summed E-state index contributed by atoms with van der Waals surface area (Å²) in [5.74, 6) is 0. The summed E-state index contributed by atoms with van der Waals surface area (Å²) in [6.07, 6.45) is 0.681. The summed E-state index contributed by atoms with van der Waals surface area (Å²) in [7, 11) is 0. The molecule has 104 valence electrons. The molecule has 6 heteroatoms. The fourth-order valence-electron chi connectivity index (χ4n) is 1.87. The fourth-order valence-corrected chi connectivity index (χ4v) is 2.73. The summed E-state index contributed by atoms with van der Waals surface area (Å²) in [5.41, 5.74) is 2.17. The van der Waals surface area contributed by atoms with Crippen LogP contribution in [0.2, 0.25) is 0 Å². The first-order chi connectivity index (χ1) is 9.55. The SMILES string of the molecule is CCc1[nH]c(=O)c(C#N)cc1-c1csc(NC(C)C)n1. The van der Waals surface area contributed by atoms with Crippen molar-refractivity contribution in [3.63, 3.8) is 0 Å². The predicted octanol–water partition coefficient (Wildman–Crippen LogP) is 2.75. The van der Waals surface area contributed by atoms with Crippen LogP contribution in [0.1, 0.15) is 32.0 Å². The summed E-state index contributed by atoms with van der Waals surface area (Å²) in [6, 6.07) is 3.84. The maximum absolute atomic E-state index is 11.7. The molecule has 5 nitrogen and oxygen atoms in total. The maximum atomic E-state index is 11.7. The number of pyridine rings is 1. The Morgan fingerprint density at radius 3 is 2.90 bits per heavy atom. The van der Waals surface area contributed by atoms with Gasteiger partial charge in [-0.1, -0.05) is 6.92 Å². The summed E-state index contributed by atoms with van der Waals surface area (Å²) >= 11 is 1.51. The number of aromatic nitrogens is 2. The van der Waals surface area contributed by atoms with E-state index in [0.29, 0.717) is 12.5 Å². The number of nitrogens with zero attached hydrogens (tertiary/aromatic N) is 2. The molecule has 0 saturated carbocycles. The van der Waals surface area contributed by atoms with Crippen LogP contribution in [0.4, 0.5) is 5.13 Å². The van der Waals surface area contributed by atoms with E-state index in [2.05, 4.69) is 15.3 Å².